The van der Waals surface area contributed by atoms with Crippen LogP contribution in [0, 0.1) is 11.3 Å². The second kappa shape index (κ2) is 14.1. The molecule has 0 bridgehead atoms. The van der Waals surface area contributed by atoms with Crippen LogP contribution in [-0.4, -0.2) is 74.1 Å². The van der Waals surface area contributed by atoms with Crippen LogP contribution in [0.25, 0.3) is 0 Å². The number of nitrogens with zero attached hydrogens (tertiary/aromatic N) is 5. The molecule has 1 atom stereocenters. The summed E-state index contributed by atoms with van der Waals surface area (Å²) in [4.78, 5) is 35.3. The number of amides is 2. The Morgan fingerprint density at radius 2 is 1.70 bits per heavy atom. The second-order valence-electron chi connectivity index (χ2n) is 13.7. The summed E-state index contributed by atoms with van der Waals surface area (Å²) in [5, 5.41) is 9.01. The fraction of sp³-hybridized carbons (Fsp3) is 0.706. The van der Waals surface area contributed by atoms with Gasteiger partial charge in [0.15, 0.2) is 0 Å². The number of piperidine rings is 2. The van der Waals surface area contributed by atoms with Crippen LogP contribution in [0.1, 0.15) is 95.5 Å². The Morgan fingerprint density at radius 3 is 2.37 bits per heavy atom. The topological polar surface area (TPSA) is 83.4 Å². The van der Waals surface area contributed by atoms with E-state index in [-0.39, 0.29) is 23.4 Å². The van der Waals surface area contributed by atoms with E-state index in [9.17, 15) is 9.59 Å². The minimum absolute atomic E-state index is 0.175. The summed E-state index contributed by atoms with van der Waals surface area (Å²) in [6.45, 7) is 3.40. The van der Waals surface area contributed by atoms with Gasteiger partial charge in [0.1, 0.15) is 12.7 Å². The zero-order valence-corrected chi connectivity index (χ0v) is 26.4. The number of halogens is 1. The van der Waals surface area contributed by atoms with E-state index in [0.29, 0.717) is 35.7 Å². The number of rotatable bonds is 9. The summed E-state index contributed by atoms with van der Waals surface area (Å²) in [7, 11) is 0. The number of aromatic nitrogens is 3. The van der Waals surface area contributed by atoms with E-state index in [0.717, 1.165) is 83.1 Å². The third-order valence-corrected chi connectivity index (χ3v) is 11.3. The van der Waals surface area contributed by atoms with Crippen LogP contribution in [0.5, 0.6) is 0 Å². The van der Waals surface area contributed by atoms with Gasteiger partial charge in [-0.05, 0) is 99.7 Å². The molecule has 2 aromatic rings. The lowest BCUT2D eigenvalue weighted by atomic mass is 9.63. The molecule has 2 saturated heterocycles. The van der Waals surface area contributed by atoms with Gasteiger partial charge in [0.2, 0.25) is 11.8 Å². The zero-order valence-electron chi connectivity index (χ0n) is 25.6. The first-order valence-electron chi connectivity index (χ1n) is 16.9. The molecular weight excluding hydrogens is 560 g/mol. The lowest BCUT2D eigenvalue weighted by Crippen LogP contribution is -2.56. The Hall–Kier alpha value is -2.45. The van der Waals surface area contributed by atoms with Crippen LogP contribution in [0.3, 0.4) is 0 Å². The van der Waals surface area contributed by atoms with E-state index in [1.807, 2.05) is 35.3 Å². The first kappa shape index (κ1) is 30.6. The molecule has 0 radical (unpaired) electrons. The lowest BCUT2D eigenvalue weighted by Gasteiger charge is -2.48. The molecule has 6 rings (SSSR count). The highest BCUT2D eigenvalue weighted by atomic mass is 35.5. The molecule has 2 aliphatic heterocycles. The van der Waals surface area contributed by atoms with Crippen molar-refractivity contribution < 1.29 is 9.59 Å². The Morgan fingerprint density at radius 1 is 0.953 bits per heavy atom. The van der Waals surface area contributed by atoms with Crippen LogP contribution in [-0.2, 0) is 22.6 Å². The summed E-state index contributed by atoms with van der Waals surface area (Å²) in [5.74, 6) is 1.24. The second-order valence-corrected chi connectivity index (χ2v) is 14.2. The number of nitrogens with one attached hydrogen (secondary N) is 1. The summed E-state index contributed by atoms with van der Waals surface area (Å²) in [5.41, 5.74) is 1.30. The molecule has 1 aromatic carbocycles. The molecule has 43 heavy (non-hydrogen) atoms. The monoisotopic (exact) mass is 608 g/mol. The molecule has 4 fully saturated rings. The molecule has 2 aliphatic carbocycles. The molecule has 0 unspecified atom stereocenters. The predicted molar refractivity (Wildman–Crippen MR) is 169 cm³/mol. The molecule has 0 spiro atoms. The van der Waals surface area contributed by atoms with Crippen molar-refractivity contribution in [1.82, 2.24) is 29.9 Å². The van der Waals surface area contributed by atoms with Gasteiger partial charge < -0.3 is 15.1 Å². The Balaban J connectivity index is 1.12. The highest BCUT2D eigenvalue weighted by Crippen LogP contribution is 2.47. The van der Waals surface area contributed by atoms with Gasteiger partial charge in [0.25, 0.3) is 0 Å². The third kappa shape index (κ3) is 7.44. The summed E-state index contributed by atoms with van der Waals surface area (Å²) in [6.07, 6.45) is 19.6. The van der Waals surface area contributed by atoms with Crippen LogP contribution in [0.2, 0.25) is 5.02 Å². The maximum Gasteiger partial charge on any atom is 0.240 e. The van der Waals surface area contributed by atoms with Crippen LogP contribution < -0.4 is 5.32 Å². The Kier molecular flexibility index (Phi) is 10.0. The van der Waals surface area contributed by atoms with Crippen molar-refractivity contribution in [3.05, 3.63) is 47.5 Å². The zero-order chi connectivity index (χ0) is 29.6. The van der Waals surface area contributed by atoms with Gasteiger partial charge in [-0.15, -0.1) is 0 Å². The minimum Gasteiger partial charge on any atom is -0.341 e. The van der Waals surface area contributed by atoms with E-state index in [4.69, 9.17) is 11.6 Å². The highest BCUT2D eigenvalue weighted by Gasteiger charge is 2.44. The van der Waals surface area contributed by atoms with Crippen molar-refractivity contribution in [2.45, 2.75) is 121 Å². The lowest BCUT2D eigenvalue weighted by molar-refractivity contribution is -0.137. The van der Waals surface area contributed by atoms with Crippen molar-refractivity contribution in [1.29, 1.82) is 0 Å². The van der Waals surface area contributed by atoms with E-state index < -0.39 is 0 Å². The molecule has 9 heteroatoms. The van der Waals surface area contributed by atoms with Crippen molar-refractivity contribution in [2.75, 3.05) is 19.6 Å². The fourth-order valence-electron chi connectivity index (χ4n) is 8.57. The minimum atomic E-state index is -0.267. The maximum absolute atomic E-state index is 14.3. The van der Waals surface area contributed by atoms with Gasteiger partial charge in [-0.25, -0.2) is 4.98 Å². The van der Waals surface area contributed by atoms with Gasteiger partial charge in [-0.3, -0.25) is 14.3 Å². The number of hydrogen-bond acceptors (Lipinski definition) is 5. The molecule has 4 aliphatic rings. The molecule has 8 nitrogen and oxygen atoms in total. The average Bonchev–Trinajstić information content (AvgIpc) is 3.56. The van der Waals surface area contributed by atoms with E-state index >= 15 is 0 Å². The average molecular weight is 609 g/mol. The molecule has 1 aromatic heterocycles. The normalized spacial score (nSPS) is 25.9. The standard InChI is InChI=1S/C34H49ClN6O2/c35-28-11-9-26(10-12-28)22-31(38-29-13-15-30(16-14-29)41-19-5-4-8-32(41)42)33(43)39-20-17-34(18-21-39,23-40-25-36-24-37-40)27-6-2-1-3-7-27/h9-12,24-25,27,29-31,38H,1-8,13-23H2/t29?,30?,31-/m1/s1. The van der Waals surface area contributed by atoms with Gasteiger partial charge in [-0.2, -0.15) is 5.10 Å². The van der Waals surface area contributed by atoms with Crippen molar-refractivity contribution in [2.24, 2.45) is 11.3 Å². The number of carbonyl (C=O) groups excluding carboxylic acids is 2. The molecule has 2 saturated carbocycles. The molecule has 3 heterocycles. The van der Waals surface area contributed by atoms with Crippen LogP contribution in [0.4, 0.5) is 0 Å². The fourth-order valence-corrected chi connectivity index (χ4v) is 8.69. The van der Waals surface area contributed by atoms with E-state index in [1.54, 1.807) is 6.33 Å². The van der Waals surface area contributed by atoms with Gasteiger partial charge in [0.05, 0.1) is 6.04 Å². The van der Waals surface area contributed by atoms with E-state index in [2.05, 4.69) is 25.2 Å². The summed E-state index contributed by atoms with van der Waals surface area (Å²) in [6, 6.07) is 8.31. The van der Waals surface area contributed by atoms with Gasteiger partial charge in [-0.1, -0.05) is 43.0 Å². The molecular formula is C34H49ClN6O2. The SMILES string of the molecule is O=C([C@@H](Cc1ccc(Cl)cc1)NC1CCC(N2CCCCC2=O)CC1)N1CCC(Cn2cncn2)(C2CCCCC2)CC1. The summed E-state index contributed by atoms with van der Waals surface area (Å²) >= 11 is 6.19. The largest absolute Gasteiger partial charge is 0.341 e. The maximum atomic E-state index is 14.3. The molecule has 2 amide bonds. The van der Waals surface area contributed by atoms with Gasteiger partial charge >= 0.3 is 0 Å². The van der Waals surface area contributed by atoms with Crippen molar-refractivity contribution in [3.8, 4) is 0 Å². The quantitative estimate of drug-likeness (QED) is 0.398. The molecule has 1 N–H and O–H groups in total. The van der Waals surface area contributed by atoms with Crippen molar-refractivity contribution in [3.63, 3.8) is 0 Å². The smallest absolute Gasteiger partial charge is 0.240 e. The third-order valence-electron chi connectivity index (χ3n) is 11.1. The number of hydrogen-bond donors (Lipinski definition) is 1. The summed E-state index contributed by atoms with van der Waals surface area (Å²) < 4.78 is 2.02. The number of carbonyl (C=O) groups is 2. The Labute approximate surface area is 261 Å². The predicted octanol–water partition coefficient (Wildman–Crippen LogP) is 5.65. The number of benzene rings is 1. The first-order valence-corrected chi connectivity index (χ1v) is 17.3. The van der Waals surface area contributed by atoms with E-state index in [1.165, 1.54) is 32.1 Å². The highest BCUT2D eigenvalue weighted by molar-refractivity contribution is 6.30. The molecule has 234 valence electrons. The van der Waals surface area contributed by atoms with Crippen LogP contribution >= 0.6 is 11.6 Å². The van der Waals surface area contributed by atoms with Crippen LogP contribution in [0.15, 0.2) is 36.9 Å². The van der Waals surface area contributed by atoms with Crippen molar-refractivity contribution >= 4 is 23.4 Å². The van der Waals surface area contributed by atoms with Gasteiger partial charge in [0, 0.05) is 49.7 Å². The Bertz CT molecular complexity index is 1180. The first-order chi connectivity index (χ1) is 21.0. The number of likely N-dealkylation sites (tertiary alicyclic amines) is 2.